The summed E-state index contributed by atoms with van der Waals surface area (Å²) in [6.45, 7) is 7.90. The van der Waals surface area contributed by atoms with Gasteiger partial charge in [0, 0.05) is 24.0 Å². The lowest BCUT2D eigenvalue weighted by atomic mass is 10.1. The molecule has 1 saturated heterocycles. The first-order valence-electron chi connectivity index (χ1n) is 6.65. The lowest BCUT2D eigenvalue weighted by Gasteiger charge is -2.22. The van der Waals surface area contributed by atoms with Crippen LogP contribution in [0.3, 0.4) is 0 Å². The Labute approximate surface area is 113 Å². The van der Waals surface area contributed by atoms with Crippen molar-refractivity contribution < 1.29 is 4.74 Å². The molecule has 0 spiro atoms. The number of nitrogens with one attached hydrogen (secondary N) is 2. The van der Waals surface area contributed by atoms with Gasteiger partial charge in [0.1, 0.15) is 5.82 Å². The van der Waals surface area contributed by atoms with E-state index in [1.165, 1.54) is 11.5 Å². The summed E-state index contributed by atoms with van der Waals surface area (Å²) >= 11 is 1.43. The predicted molar refractivity (Wildman–Crippen MR) is 74.3 cm³/mol. The van der Waals surface area contributed by atoms with Gasteiger partial charge in [-0.1, -0.05) is 13.8 Å². The van der Waals surface area contributed by atoms with Gasteiger partial charge in [-0.05, 0) is 25.9 Å². The molecule has 0 atom stereocenters. The molecule has 2 rings (SSSR count). The average molecular weight is 270 g/mol. The molecule has 0 aliphatic carbocycles. The lowest BCUT2D eigenvalue weighted by Crippen LogP contribution is -2.33. The van der Waals surface area contributed by atoms with Gasteiger partial charge in [-0.25, -0.2) is 4.98 Å². The summed E-state index contributed by atoms with van der Waals surface area (Å²) in [5.74, 6) is 1.31. The van der Waals surface area contributed by atoms with Crippen LogP contribution in [0.1, 0.15) is 38.4 Å². The molecule has 0 radical (unpaired) electrons. The molecule has 2 heterocycles. The fourth-order valence-electron chi connectivity index (χ4n) is 1.89. The lowest BCUT2D eigenvalue weighted by molar-refractivity contribution is 0.0394. The van der Waals surface area contributed by atoms with Crippen LogP contribution in [-0.2, 0) is 4.74 Å². The molecule has 2 N–H and O–H groups in total. The average Bonchev–Trinajstić information content (AvgIpc) is 2.85. The van der Waals surface area contributed by atoms with Crippen LogP contribution in [0.5, 0.6) is 0 Å². The van der Waals surface area contributed by atoms with E-state index < -0.39 is 0 Å². The van der Waals surface area contributed by atoms with Gasteiger partial charge < -0.3 is 15.4 Å². The number of ether oxygens (including phenoxy) is 1. The quantitative estimate of drug-likeness (QED) is 0.773. The van der Waals surface area contributed by atoms with Crippen LogP contribution in [0.25, 0.3) is 0 Å². The standard InChI is InChI=1S/C12H22N4OS/c1-9(2)11-15-12(18-16-11)14-7-8-17-10-3-5-13-6-4-10/h9-10,13H,3-8H2,1-2H3,(H,14,15,16). The summed E-state index contributed by atoms with van der Waals surface area (Å²) in [6, 6.07) is 0. The Bertz CT molecular complexity index is 350. The Morgan fingerprint density at radius 1 is 1.44 bits per heavy atom. The van der Waals surface area contributed by atoms with Crippen molar-refractivity contribution in [2.75, 3.05) is 31.6 Å². The van der Waals surface area contributed by atoms with Crippen LogP contribution in [-0.4, -0.2) is 41.7 Å². The summed E-state index contributed by atoms with van der Waals surface area (Å²) in [5, 5.41) is 7.49. The molecule has 1 aromatic rings. The van der Waals surface area contributed by atoms with Crippen LogP contribution in [0.2, 0.25) is 0 Å². The number of nitrogens with zero attached hydrogens (tertiary/aromatic N) is 2. The highest BCUT2D eigenvalue weighted by atomic mass is 32.1. The van der Waals surface area contributed by atoms with Crippen molar-refractivity contribution in [3.05, 3.63) is 5.82 Å². The third-order valence-corrected chi connectivity index (χ3v) is 3.66. The summed E-state index contributed by atoms with van der Waals surface area (Å²) < 4.78 is 10.1. The van der Waals surface area contributed by atoms with Gasteiger partial charge in [-0.3, -0.25) is 0 Å². The zero-order chi connectivity index (χ0) is 12.8. The van der Waals surface area contributed by atoms with Crippen LogP contribution >= 0.6 is 11.5 Å². The molecule has 18 heavy (non-hydrogen) atoms. The van der Waals surface area contributed by atoms with Gasteiger partial charge in [-0.2, -0.15) is 4.37 Å². The number of anilines is 1. The molecule has 6 heteroatoms. The van der Waals surface area contributed by atoms with Crippen LogP contribution < -0.4 is 10.6 Å². The first-order valence-corrected chi connectivity index (χ1v) is 7.43. The maximum absolute atomic E-state index is 5.81. The zero-order valence-electron chi connectivity index (χ0n) is 11.1. The molecule has 0 bridgehead atoms. The normalized spacial score (nSPS) is 17.3. The van der Waals surface area contributed by atoms with E-state index in [9.17, 15) is 0 Å². The minimum atomic E-state index is 0.391. The number of hydrogen-bond acceptors (Lipinski definition) is 6. The Balaban J connectivity index is 1.62. The van der Waals surface area contributed by atoms with Gasteiger partial charge in [0.05, 0.1) is 12.7 Å². The number of piperidine rings is 1. The molecular formula is C12H22N4OS. The number of hydrogen-bond donors (Lipinski definition) is 2. The van der Waals surface area contributed by atoms with E-state index in [0.717, 1.165) is 50.0 Å². The van der Waals surface area contributed by atoms with Crippen molar-refractivity contribution in [1.82, 2.24) is 14.7 Å². The molecule has 5 nitrogen and oxygen atoms in total. The van der Waals surface area contributed by atoms with Crippen molar-refractivity contribution in [3.8, 4) is 0 Å². The van der Waals surface area contributed by atoms with Crippen LogP contribution in [0.15, 0.2) is 0 Å². The second kappa shape index (κ2) is 7.01. The molecule has 102 valence electrons. The second-order valence-electron chi connectivity index (χ2n) is 4.86. The molecule has 0 amide bonds. The fourth-order valence-corrected chi connectivity index (χ4v) is 2.62. The third-order valence-electron chi connectivity index (χ3n) is 2.98. The summed E-state index contributed by atoms with van der Waals surface area (Å²) in [6.07, 6.45) is 2.67. The van der Waals surface area contributed by atoms with Crippen molar-refractivity contribution in [2.24, 2.45) is 0 Å². The number of aromatic nitrogens is 2. The molecule has 1 aliphatic rings. The smallest absolute Gasteiger partial charge is 0.202 e. The minimum Gasteiger partial charge on any atom is -0.376 e. The summed E-state index contributed by atoms with van der Waals surface area (Å²) in [7, 11) is 0. The second-order valence-corrected chi connectivity index (χ2v) is 5.61. The summed E-state index contributed by atoms with van der Waals surface area (Å²) in [5.41, 5.74) is 0. The van der Waals surface area contributed by atoms with E-state index in [0.29, 0.717) is 12.0 Å². The highest BCUT2D eigenvalue weighted by Crippen LogP contribution is 2.17. The molecular weight excluding hydrogens is 248 g/mol. The summed E-state index contributed by atoms with van der Waals surface area (Å²) in [4.78, 5) is 4.42. The monoisotopic (exact) mass is 270 g/mol. The van der Waals surface area contributed by atoms with E-state index in [-0.39, 0.29) is 0 Å². The van der Waals surface area contributed by atoms with Crippen LogP contribution in [0, 0.1) is 0 Å². The van der Waals surface area contributed by atoms with E-state index >= 15 is 0 Å². The maximum atomic E-state index is 5.81. The zero-order valence-corrected chi connectivity index (χ0v) is 11.9. The Morgan fingerprint density at radius 2 is 2.22 bits per heavy atom. The van der Waals surface area contributed by atoms with Gasteiger partial charge in [0.2, 0.25) is 5.13 Å². The van der Waals surface area contributed by atoms with Crippen molar-refractivity contribution in [3.63, 3.8) is 0 Å². The predicted octanol–water partition coefficient (Wildman–Crippen LogP) is 1.84. The number of rotatable bonds is 6. The SMILES string of the molecule is CC(C)c1nsc(NCCOC2CCNCC2)n1. The minimum absolute atomic E-state index is 0.391. The van der Waals surface area contributed by atoms with Crippen molar-refractivity contribution in [2.45, 2.75) is 38.7 Å². The van der Waals surface area contributed by atoms with Gasteiger partial charge in [0.25, 0.3) is 0 Å². The van der Waals surface area contributed by atoms with Crippen LogP contribution in [0.4, 0.5) is 5.13 Å². The largest absolute Gasteiger partial charge is 0.376 e. The Kier molecular flexibility index (Phi) is 5.34. The topological polar surface area (TPSA) is 59.1 Å². The maximum Gasteiger partial charge on any atom is 0.202 e. The van der Waals surface area contributed by atoms with Crippen molar-refractivity contribution >= 4 is 16.7 Å². The first kappa shape index (κ1) is 13.7. The fraction of sp³-hybridized carbons (Fsp3) is 0.833. The first-order chi connectivity index (χ1) is 8.75. The molecule has 1 aromatic heterocycles. The third kappa shape index (κ3) is 4.19. The molecule has 1 aliphatic heterocycles. The molecule has 0 aromatic carbocycles. The van der Waals surface area contributed by atoms with Crippen molar-refractivity contribution in [1.29, 1.82) is 0 Å². The Hall–Kier alpha value is -0.720. The van der Waals surface area contributed by atoms with E-state index in [1.807, 2.05) is 0 Å². The molecule has 0 saturated carbocycles. The molecule has 0 unspecified atom stereocenters. The Morgan fingerprint density at radius 3 is 2.89 bits per heavy atom. The van der Waals surface area contributed by atoms with E-state index in [1.54, 1.807) is 0 Å². The van der Waals surface area contributed by atoms with E-state index in [2.05, 4.69) is 33.8 Å². The van der Waals surface area contributed by atoms with Gasteiger partial charge in [0.15, 0.2) is 0 Å². The van der Waals surface area contributed by atoms with Gasteiger partial charge in [-0.15, -0.1) is 0 Å². The van der Waals surface area contributed by atoms with E-state index in [4.69, 9.17) is 4.74 Å². The highest BCUT2D eigenvalue weighted by molar-refractivity contribution is 7.09. The highest BCUT2D eigenvalue weighted by Gasteiger charge is 2.12. The van der Waals surface area contributed by atoms with Gasteiger partial charge >= 0.3 is 0 Å². The molecule has 1 fully saturated rings.